The van der Waals surface area contributed by atoms with Crippen LogP contribution in [0.1, 0.15) is 23.7 Å². The SMILES string of the molecule is CCC(CN)NC(=O)c1c(F)ccc([N+](=O)[O-])c1F. The highest BCUT2D eigenvalue weighted by Crippen LogP contribution is 2.23. The van der Waals surface area contributed by atoms with Crippen LogP contribution in [0.4, 0.5) is 14.5 Å². The third-order valence-electron chi connectivity index (χ3n) is 2.61. The molecule has 0 heterocycles. The molecule has 19 heavy (non-hydrogen) atoms. The van der Waals surface area contributed by atoms with Gasteiger partial charge < -0.3 is 11.1 Å². The van der Waals surface area contributed by atoms with Crippen molar-refractivity contribution in [2.24, 2.45) is 5.73 Å². The molecule has 0 fully saturated rings. The Morgan fingerprint density at radius 3 is 2.63 bits per heavy atom. The highest BCUT2D eigenvalue weighted by molar-refractivity contribution is 5.95. The molecule has 1 atom stereocenters. The number of halogens is 2. The van der Waals surface area contributed by atoms with Gasteiger partial charge in [0, 0.05) is 18.7 Å². The second kappa shape index (κ2) is 6.19. The number of amides is 1. The van der Waals surface area contributed by atoms with Gasteiger partial charge in [-0.05, 0) is 12.5 Å². The zero-order chi connectivity index (χ0) is 14.6. The lowest BCUT2D eigenvalue weighted by atomic mass is 10.1. The molecular formula is C11H13F2N3O3. The average Bonchev–Trinajstić information content (AvgIpc) is 2.35. The summed E-state index contributed by atoms with van der Waals surface area (Å²) in [6.45, 7) is 1.83. The number of nitrogens with two attached hydrogens (primary N) is 1. The molecule has 1 aromatic rings. The number of nitro groups is 1. The van der Waals surface area contributed by atoms with E-state index in [-0.39, 0.29) is 6.54 Å². The Bertz CT molecular complexity index is 504. The molecule has 0 radical (unpaired) electrons. The number of nitrogens with one attached hydrogen (secondary N) is 1. The van der Waals surface area contributed by atoms with Crippen molar-refractivity contribution < 1.29 is 18.5 Å². The van der Waals surface area contributed by atoms with Crippen molar-refractivity contribution in [1.29, 1.82) is 0 Å². The molecule has 0 saturated carbocycles. The molecule has 0 aliphatic heterocycles. The van der Waals surface area contributed by atoms with Gasteiger partial charge in [0.25, 0.3) is 5.91 Å². The van der Waals surface area contributed by atoms with E-state index in [0.717, 1.165) is 0 Å². The first kappa shape index (κ1) is 15.0. The van der Waals surface area contributed by atoms with E-state index in [9.17, 15) is 23.7 Å². The number of rotatable bonds is 5. The van der Waals surface area contributed by atoms with Gasteiger partial charge in [0.2, 0.25) is 5.82 Å². The summed E-state index contributed by atoms with van der Waals surface area (Å²) in [6.07, 6.45) is 0.473. The molecule has 3 N–H and O–H groups in total. The van der Waals surface area contributed by atoms with Crippen molar-refractivity contribution in [3.63, 3.8) is 0 Å². The summed E-state index contributed by atoms with van der Waals surface area (Å²) in [4.78, 5) is 21.2. The van der Waals surface area contributed by atoms with E-state index in [1.165, 1.54) is 0 Å². The predicted molar refractivity (Wildman–Crippen MR) is 63.6 cm³/mol. The average molecular weight is 273 g/mol. The quantitative estimate of drug-likeness (QED) is 0.624. The number of nitro benzene ring substituents is 1. The summed E-state index contributed by atoms with van der Waals surface area (Å²) < 4.78 is 27.2. The first-order valence-electron chi connectivity index (χ1n) is 5.55. The number of carbonyl (C=O) groups is 1. The van der Waals surface area contributed by atoms with Crippen molar-refractivity contribution in [1.82, 2.24) is 5.32 Å². The van der Waals surface area contributed by atoms with Crippen LogP contribution < -0.4 is 11.1 Å². The predicted octanol–water partition coefficient (Wildman–Crippen LogP) is 1.34. The normalized spacial score (nSPS) is 12.0. The molecule has 6 nitrogen and oxygen atoms in total. The van der Waals surface area contributed by atoms with Gasteiger partial charge in [-0.2, -0.15) is 4.39 Å². The Hall–Kier alpha value is -2.09. The Kier molecular flexibility index (Phi) is 4.87. The number of benzene rings is 1. The zero-order valence-corrected chi connectivity index (χ0v) is 10.2. The van der Waals surface area contributed by atoms with Gasteiger partial charge in [-0.3, -0.25) is 14.9 Å². The minimum atomic E-state index is -1.49. The fourth-order valence-electron chi connectivity index (χ4n) is 1.48. The minimum Gasteiger partial charge on any atom is -0.348 e. The standard InChI is InChI=1S/C11H13F2N3O3/c1-2-6(5-14)15-11(17)9-7(12)3-4-8(10(9)13)16(18)19/h3-4,6H,2,5,14H2,1H3,(H,15,17). The number of hydrogen-bond acceptors (Lipinski definition) is 4. The molecule has 0 bridgehead atoms. The van der Waals surface area contributed by atoms with E-state index in [0.29, 0.717) is 18.6 Å². The number of nitrogens with zero attached hydrogens (tertiary/aromatic N) is 1. The van der Waals surface area contributed by atoms with Crippen LogP contribution in [-0.2, 0) is 0 Å². The van der Waals surface area contributed by atoms with Gasteiger partial charge in [0.1, 0.15) is 11.4 Å². The van der Waals surface area contributed by atoms with E-state index < -0.39 is 39.8 Å². The molecule has 0 saturated heterocycles. The summed E-state index contributed by atoms with van der Waals surface area (Å²) in [5, 5.41) is 12.8. The Morgan fingerprint density at radius 1 is 1.53 bits per heavy atom. The Morgan fingerprint density at radius 2 is 2.16 bits per heavy atom. The second-order valence-electron chi connectivity index (χ2n) is 3.83. The highest BCUT2D eigenvalue weighted by Gasteiger charge is 2.26. The van der Waals surface area contributed by atoms with Crippen LogP contribution in [0.25, 0.3) is 0 Å². The first-order valence-corrected chi connectivity index (χ1v) is 5.55. The van der Waals surface area contributed by atoms with Crippen LogP contribution in [0.3, 0.4) is 0 Å². The largest absolute Gasteiger partial charge is 0.348 e. The van der Waals surface area contributed by atoms with Crippen molar-refractivity contribution >= 4 is 11.6 Å². The minimum absolute atomic E-state index is 0.0976. The van der Waals surface area contributed by atoms with E-state index in [1.807, 2.05) is 0 Å². The molecule has 8 heteroatoms. The van der Waals surface area contributed by atoms with Gasteiger partial charge in [-0.1, -0.05) is 6.92 Å². The monoisotopic (exact) mass is 273 g/mol. The lowest BCUT2D eigenvalue weighted by Gasteiger charge is -2.15. The molecule has 104 valence electrons. The molecule has 0 aliphatic carbocycles. The first-order chi connectivity index (χ1) is 8.92. The summed E-state index contributed by atoms with van der Waals surface area (Å²) in [7, 11) is 0. The van der Waals surface area contributed by atoms with E-state index >= 15 is 0 Å². The molecule has 1 aromatic carbocycles. The van der Waals surface area contributed by atoms with Crippen LogP contribution >= 0.6 is 0 Å². The van der Waals surface area contributed by atoms with Crippen molar-refractivity contribution in [2.75, 3.05) is 6.54 Å². The summed E-state index contributed by atoms with van der Waals surface area (Å²) in [5.74, 6) is -3.71. The lowest BCUT2D eigenvalue weighted by molar-refractivity contribution is -0.387. The van der Waals surface area contributed by atoms with Gasteiger partial charge in [-0.15, -0.1) is 0 Å². The third-order valence-corrected chi connectivity index (χ3v) is 2.61. The molecule has 0 aromatic heterocycles. The molecule has 1 rings (SSSR count). The van der Waals surface area contributed by atoms with E-state index in [2.05, 4.69) is 5.32 Å². The van der Waals surface area contributed by atoms with Crippen LogP contribution in [0.15, 0.2) is 12.1 Å². The second-order valence-corrected chi connectivity index (χ2v) is 3.83. The molecule has 1 amide bonds. The molecule has 0 aliphatic rings. The lowest BCUT2D eigenvalue weighted by Crippen LogP contribution is -2.40. The molecule has 0 spiro atoms. The maximum Gasteiger partial charge on any atom is 0.305 e. The van der Waals surface area contributed by atoms with Crippen molar-refractivity contribution in [3.05, 3.63) is 39.4 Å². The summed E-state index contributed by atoms with van der Waals surface area (Å²) >= 11 is 0. The Labute approximate surface area is 107 Å². The van der Waals surface area contributed by atoms with Gasteiger partial charge in [0.15, 0.2) is 0 Å². The summed E-state index contributed by atoms with van der Waals surface area (Å²) in [6, 6.07) is 0.895. The van der Waals surface area contributed by atoms with Crippen LogP contribution in [0, 0.1) is 21.7 Å². The topological polar surface area (TPSA) is 98.3 Å². The van der Waals surface area contributed by atoms with Gasteiger partial charge in [0.05, 0.1) is 4.92 Å². The van der Waals surface area contributed by atoms with Crippen LogP contribution in [0.5, 0.6) is 0 Å². The smallest absolute Gasteiger partial charge is 0.305 e. The molecule has 1 unspecified atom stereocenters. The Balaban J connectivity index is 3.15. The molecular weight excluding hydrogens is 260 g/mol. The summed E-state index contributed by atoms with van der Waals surface area (Å²) in [5.41, 5.74) is 3.43. The van der Waals surface area contributed by atoms with E-state index in [4.69, 9.17) is 5.73 Å². The highest BCUT2D eigenvalue weighted by atomic mass is 19.1. The van der Waals surface area contributed by atoms with Gasteiger partial charge in [-0.25, -0.2) is 4.39 Å². The van der Waals surface area contributed by atoms with Gasteiger partial charge >= 0.3 is 5.69 Å². The van der Waals surface area contributed by atoms with E-state index in [1.54, 1.807) is 6.92 Å². The third kappa shape index (κ3) is 3.22. The number of hydrogen-bond donors (Lipinski definition) is 2. The fourth-order valence-corrected chi connectivity index (χ4v) is 1.48. The zero-order valence-electron chi connectivity index (χ0n) is 10.2. The van der Waals surface area contributed by atoms with Crippen LogP contribution in [0.2, 0.25) is 0 Å². The fraction of sp³-hybridized carbons (Fsp3) is 0.364. The number of carbonyl (C=O) groups excluding carboxylic acids is 1. The van der Waals surface area contributed by atoms with Crippen molar-refractivity contribution in [2.45, 2.75) is 19.4 Å². The van der Waals surface area contributed by atoms with Crippen molar-refractivity contribution in [3.8, 4) is 0 Å². The maximum absolute atomic E-state index is 13.7. The maximum atomic E-state index is 13.7. The van der Waals surface area contributed by atoms with Crippen LogP contribution in [-0.4, -0.2) is 23.4 Å².